The van der Waals surface area contributed by atoms with Gasteiger partial charge in [0.2, 0.25) is 0 Å². The highest BCUT2D eigenvalue weighted by Crippen LogP contribution is 2.14. The molecule has 5 heteroatoms. The Bertz CT molecular complexity index is 408. The average Bonchev–Trinajstić information content (AvgIpc) is 2.38. The number of carbonyl (C=O) groups is 1. The fourth-order valence-electron chi connectivity index (χ4n) is 1.91. The Balaban J connectivity index is 2.18. The van der Waals surface area contributed by atoms with E-state index in [0.717, 1.165) is 0 Å². The summed E-state index contributed by atoms with van der Waals surface area (Å²) in [5, 5.41) is 9.21. The van der Waals surface area contributed by atoms with Gasteiger partial charge in [-0.25, -0.2) is 0 Å². The van der Waals surface area contributed by atoms with Crippen LogP contribution in [0.25, 0.3) is 0 Å². The Hall–Kier alpha value is -1.59. The molecule has 0 spiro atoms. The van der Waals surface area contributed by atoms with E-state index >= 15 is 0 Å². The van der Waals surface area contributed by atoms with E-state index < -0.39 is 0 Å². The monoisotopic (exact) mass is 236 g/mol. The van der Waals surface area contributed by atoms with Gasteiger partial charge in [-0.05, 0) is 18.2 Å². The maximum Gasteiger partial charge on any atom is 0.254 e. The van der Waals surface area contributed by atoms with Crippen molar-refractivity contribution in [2.75, 3.05) is 32.1 Å². The number of hydrogen-bond donors (Lipinski definition) is 2. The van der Waals surface area contributed by atoms with E-state index in [2.05, 4.69) is 0 Å². The second-order valence-corrected chi connectivity index (χ2v) is 4.04. The Morgan fingerprint density at radius 2 is 2.41 bits per heavy atom. The largest absolute Gasteiger partial charge is 0.399 e. The maximum absolute atomic E-state index is 12.2. The standard InChI is InChI=1S/C12H16N2O3/c13-10-3-1-2-9(6-10)12(16)14-4-5-17-8-11(14)7-15/h1-3,6,11,15H,4-5,7-8,13H2. The van der Waals surface area contributed by atoms with Crippen molar-refractivity contribution in [3.63, 3.8) is 0 Å². The van der Waals surface area contributed by atoms with Crippen LogP contribution in [0, 0.1) is 0 Å². The molecule has 2 rings (SSSR count). The van der Waals surface area contributed by atoms with Crippen molar-refractivity contribution < 1.29 is 14.6 Å². The van der Waals surface area contributed by atoms with E-state index in [9.17, 15) is 9.90 Å². The fourth-order valence-corrected chi connectivity index (χ4v) is 1.91. The van der Waals surface area contributed by atoms with Gasteiger partial charge in [-0.2, -0.15) is 0 Å². The topological polar surface area (TPSA) is 75.8 Å². The van der Waals surface area contributed by atoms with E-state index in [0.29, 0.717) is 31.0 Å². The van der Waals surface area contributed by atoms with Crippen molar-refractivity contribution in [2.24, 2.45) is 0 Å². The minimum absolute atomic E-state index is 0.0892. The highest BCUT2D eigenvalue weighted by molar-refractivity contribution is 5.95. The molecule has 1 saturated heterocycles. The SMILES string of the molecule is Nc1cccc(C(=O)N2CCOCC2CO)c1. The molecule has 1 aromatic rings. The zero-order valence-corrected chi connectivity index (χ0v) is 9.50. The molecule has 1 aromatic carbocycles. The van der Waals surface area contributed by atoms with Gasteiger partial charge in [-0.3, -0.25) is 4.79 Å². The van der Waals surface area contributed by atoms with Gasteiger partial charge in [0.05, 0.1) is 25.9 Å². The summed E-state index contributed by atoms with van der Waals surface area (Å²) < 4.78 is 5.23. The van der Waals surface area contributed by atoms with Gasteiger partial charge in [-0.1, -0.05) is 6.07 Å². The zero-order chi connectivity index (χ0) is 12.3. The molecule has 0 radical (unpaired) electrons. The molecule has 0 aliphatic carbocycles. The molecule has 0 bridgehead atoms. The Morgan fingerprint density at radius 1 is 1.59 bits per heavy atom. The summed E-state index contributed by atoms with van der Waals surface area (Å²) in [6.07, 6.45) is 0. The number of aliphatic hydroxyl groups excluding tert-OH is 1. The third kappa shape index (κ3) is 2.57. The average molecular weight is 236 g/mol. The molecule has 1 amide bonds. The van der Waals surface area contributed by atoms with Crippen LogP contribution in [0.15, 0.2) is 24.3 Å². The van der Waals surface area contributed by atoms with Gasteiger partial charge in [0.15, 0.2) is 0 Å². The van der Waals surface area contributed by atoms with Gasteiger partial charge in [0, 0.05) is 17.8 Å². The van der Waals surface area contributed by atoms with E-state index in [-0.39, 0.29) is 18.6 Å². The molecule has 0 saturated carbocycles. The minimum Gasteiger partial charge on any atom is -0.399 e. The number of ether oxygens (including phenoxy) is 1. The number of nitrogens with zero attached hydrogens (tertiary/aromatic N) is 1. The van der Waals surface area contributed by atoms with Gasteiger partial charge < -0.3 is 20.5 Å². The number of nitrogens with two attached hydrogens (primary N) is 1. The number of carbonyl (C=O) groups excluding carboxylic acids is 1. The smallest absolute Gasteiger partial charge is 0.254 e. The van der Waals surface area contributed by atoms with Gasteiger partial charge in [0.25, 0.3) is 5.91 Å². The first-order valence-electron chi connectivity index (χ1n) is 5.57. The minimum atomic E-state index is -0.266. The van der Waals surface area contributed by atoms with Crippen molar-refractivity contribution in [1.29, 1.82) is 0 Å². The lowest BCUT2D eigenvalue weighted by Gasteiger charge is -2.34. The number of amides is 1. The van der Waals surface area contributed by atoms with Gasteiger partial charge in [0.1, 0.15) is 0 Å². The summed E-state index contributed by atoms with van der Waals surface area (Å²) in [7, 11) is 0. The normalized spacial score (nSPS) is 20.3. The van der Waals surface area contributed by atoms with Crippen LogP contribution in [0.3, 0.4) is 0 Å². The molecule has 1 unspecified atom stereocenters. The number of rotatable bonds is 2. The molecule has 92 valence electrons. The molecule has 0 aromatic heterocycles. The van der Waals surface area contributed by atoms with E-state index in [1.54, 1.807) is 29.2 Å². The molecule has 3 N–H and O–H groups in total. The molecular weight excluding hydrogens is 220 g/mol. The first kappa shape index (κ1) is 11.9. The van der Waals surface area contributed by atoms with Crippen LogP contribution in [0.4, 0.5) is 5.69 Å². The maximum atomic E-state index is 12.2. The van der Waals surface area contributed by atoms with Gasteiger partial charge >= 0.3 is 0 Å². The van der Waals surface area contributed by atoms with Crippen LogP contribution in [0.1, 0.15) is 10.4 Å². The first-order chi connectivity index (χ1) is 8.22. The van der Waals surface area contributed by atoms with Crippen LogP contribution >= 0.6 is 0 Å². The lowest BCUT2D eigenvalue weighted by molar-refractivity contribution is -0.0183. The second kappa shape index (κ2) is 5.16. The van der Waals surface area contributed by atoms with Gasteiger partial charge in [-0.15, -0.1) is 0 Å². The predicted molar refractivity (Wildman–Crippen MR) is 63.6 cm³/mol. The summed E-state index contributed by atoms with van der Waals surface area (Å²) in [4.78, 5) is 13.9. The summed E-state index contributed by atoms with van der Waals surface area (Å²) in [6.45, 7) is 1.29. The number of hydrogen-bond acceptors (Lipinski definition) is 4. The number of nitrogen functional groups attached to an aromatic ring is 1. The molecule has 1 aliphatic heterocycles. The summed E-state index contributed by atoms with van der Waals surface area (Å²) in [6, 6.07) is 6.59. The third-order valence-corrected chi connectivity index (χ3v) is 2.83. The van der Waals surface area contributed by atoms with Crippen molar-refractivity contribution in [3.8, 4) is 0 Å². The molecule has 1 atom stereocenters. The highest BCUT2D eigenvalue weighted by atomic mass is 16.5. The van der Waals surface area contributed by atoms with Crippen molar-refractivity contribution >= 4 is 11.6 Å². The summed E-state index contributed by atoms with van der Waals surface area (Å²) >= 11 is 0. The Labute approximate surface area is 99.8 Å². The van der Waals surface area contributed by atoms with Crippen molar-refractivity contribution in [2.45, 2.75) is 6.04 Å². The molecule has 5 nitrogen and oxygen atoms in total. The Morgan fingerprint density at radius 3 is 3.12 bits per heavy atom. The summed E-state index contributed by atoms with van der Waals surface area (Å²) in [5.41, 5.74) is 6.75. The van der Waals surface area contributed by atoms with Crippen LogP contribution in [-0.4, -0.2) is 48.3 Å². The molecule has 1 fully saturated rings. The zero-order valence-electron chi connectivity index (χ0n) is 9.50. The highest BCUT2D eigenvalue weighted by Gasteiger charge is 2.27. The molecular formula is C12H16N2O3. The quantitative estimate of drug-likeness (QED) is 0.714. The number of benzene rings is 1. The number of morpholine rings is 1. The lowest BCUT2D eigenvalue weighted by Crippen LogP contribution is -2.50. The van der Waals surface area contributed by atoms with E-state index in [1.165, 1.54) is 0 Å². The van der Waals surface area contributed by atoms with Crippen LogP contribution in [-0.2, 0) is 4.74 Å². The van der Waals surface area contributed by atoms with Crippen molar-refractivity contribution in [3.05, 3.63) is 29.8 Å². The van der Waals surface area contributed by atoms with E-state index in [1.807, 2.05) is 0 Å². The first-order valence-corrected chi connectivity index (χ1v) is 5.57. The number of anilines is 1. The molecule has 17 heavy (non-hydrogen) atoms. The van der Waals surface area contributed by atoms with Crippen LogP contribution in [0.5, 0.6) is 0 Å². The summed E-state index contributed by atoms with van der Waals surface area (Å²) in [5.74, 6) is -0.111. The molecule has 1 heterocycles. The lowest BCUT2D eigenvalue weighted by atomic mass is 10.1. The van der Waals surface area contributed by atoms with E-state index in [4.69, 9.17) is 10.5 Å². The molecule has 1 aliphatic rings. The van der Waals surface area contributed by atoms with Crippen LogP contribution < -0.4 is 5.73 Å². The van der Waals surface area contributed by atoms with Crippen molar-refractivity contribution in [1.82, 2.24) is 4.90 Å². The Kier molecular flexibility index (Phi) is 3.61. The van der Waals surface area contributed by atoms with Crippen LogP contribution in [0.2, 0.25) is 0 Å². The number of aliphatic hydroxyl groups is 1. The fraction of sp³-hybridized carbons (Fsp3) is 0.417. The predicted octanol–water partition coefficient (Wildman–Crippen LogP) is 0.102. The second-order valence-electron chi connectivity index (χ2n) is 4.04. The third-order valence-electron chi connectivity index (χ3n) is 2.83.